The highest BCUT2D eigenvalue weighted by molar-refractivity contribution is 5.18. The lowest BCUT2D eigenvalue weighted by Gasteiger charge is -2.39. The molecule has 31 heavy (non-hydrogen) atoms. The molecular weight excluding hydrogens is 397 g/mol. The van der Waals surface area contributed by atoms with Crippen molar-refractivity contribution >= 4 is 0 Å². The molecule has 0 radical (unpaired) electrons. The third-order valence-corrected chi connectivity index (χ3v) is 6.32. The summed E-state index contributed by atoms with van der Waals surface area (Å²) in [7, 11) is 0. The molecule has 0 unspecified atom stereocenters. The first kappa shape index (κ1) is 28.0. The average molecular weight is 443 g/mol. The maximum Gasteiger partial charge on any atom is 0.130 e. The number of hydrogen-bond donors (Lipinski definition) is 1. The minimum absolute atomic E-state index is 0.460. The van der Waals surface area contributed by atoms with Gasteiger partial charge >= 0.3 is 0 Å². The first-order valence-electron chi connectivity index (χ1n) is 12.5. The van der Waals surface area contributed by atoms with Gasteiger partial charge in [-0.2, -0.15) is 0 Å². The Balaban J connectivity index is 0.000000279. The minimum Gasteiger partial charge on any atom is -0.310 e. The molecule has 2 aliphatic carbocycles. The molecule has 180 valence electrons. The predicted octanol–water partition coefficient (Wildman–Crippen LogP) is 7.12. The summed E-state index contributed by atoms with van der Waals surface area (Å²) in [6, 6.07) is 4.96. The van der Waals surface area contributed by atoms with Crippen LogP contribution in [0.15, 0.2) is 18.2 Å². The lowest BCUT2D eigenvalue weighted by atomic mass is 9.81. The monoisotopic (exact) mass is 442 g/mol. The van der Waals surface area contributed by atoms with E-state index in [2.05, 4.69) is 24.1 Å². The van der Waals surface area contributed by atoms with Crippen LogP contribution in [0.5, 0.6) is 0 Å². The maximum absolute atomic E-state index is 13.3. The van der Waals surface area contributed by atoms with Crippen molar-refractivity contribution in [1.82, 2.24) is 10.2 Å². The fourth-order valence-electron chi connectivity index (χ4n) is 4.54. The molecule has 2 nitrogen and oxygen atoms in total. The lowest BCUT2D eigenvalue weighted by molar-refractivity contribution is 0.103. The van der Waals surface area contributed by atoms with Crippen LogP contribution in [-0.2, 0) is 6.54 Å². The number of hydrogen-bond acceptors (Lipinski definition) is 2. The molecule has 0 aromatic heterocycles. The van der Waals surface area contributed by atoms with E-state index < -0.39 is 17.8 Å². The zero-order valence-electron chi connectivity index (χ0n) is 20.6. The van der Waals surface area contributed by atoms with Crippen molar-refractivity contribution in [2.75, 3.05) is 13.1 Å². The standard InChI is InChI=1S/C13H17F2N.C9H16FN.2C2H6/c1-9-2-5-12(6-9)16-8-10-3-4-11(14)7-13(10)15;1-7-4-9(5-7)11-3-2-8(10)6-11;2*1-2/h3-4,7,9,12,16H,2,5-6,8H2,1H3;7-9H,2-6H2,1H3;2*1-2H3/t9-,12+;7?,8-,9?;;/m10../s1. The number of nitrogens with one attached hydrogen (secondary N) is 1. The summed E-state index contributed by atoms with van der Waals surface area (Å²) >= 11 is 0. The third-order valence-electron chi connectivity index (χ3n) is 6.32. The van der Waals surface area contributed by atoms with Crippen LogP contribution < -0.4 is 5.32 Å². The van der Waals surface area contributed by atoms with Crippen molar-refractivity contribution in [3.05, 3.63) is 35.4 Å². The van der Waals surface area contributed by atoms with Crippen molar-refractivity contribution in [3.8, 4) is 0 Å². The van der Waals surface area contributed by atoms with Crippen LogP contribution in [0.2, 0.25) is 0 Å². The van der Waals surface area contributed by atoms with Gasteiger partial charge in [-0.3, -0.25) is 4.90 Å². The van der Waals surface area contributed by atoms with Gasteiger partial charge < -0.3 is 5.32 Å². The second-order valence-corrected chi connectivity index (χ2v) is 8.84. The summed E-state index contributed by atoms with van der Waals surface area (Å²) in [4.78, 5) is 2.32. The summed E-state index contributed by atoms with van der Waals surface area (Å²) in [6.07, 6.45) is 6.38. The molecule has 5 heteroatoms. The Morgan fingerprint density at radius 3 is 2.10 bits per heavy atom. The molecule has 0 amide bonds. The van der Waals surface area contributed by atoms with Crippen molar-refractivity contribution in [1.29, 1.82) is 0 Å². The van der Waals surface area contributed by atoms with Crippen LogP contribution in [0.4, 0.5) is 13.2 Å². The Labute approximate surface area is 189 Å². The molecular formula is C26H45F3N2. The average Bonchev–Trinajstić information content (AvgIpc) is 3.36. The quantitative estimate of drug-likeness (QED) is 0.534. The lowest BCUT2D eigenvalue weighted by Crippen LogP contribution is -2.42. The van der Waals surface area contributed by atoms with Gasteiger partial charge in [-0.15, -0.1) is 0 Å². The molecule has 3 aliphatic rings. The second-order valence-electron chi connectivity index (χ2n) is 8.84. The molecule has 2 saturated carbocycles. The Bertz CT molecular complexity index is 604. The van der Waals surface area contributed by atoms with Gasteiger partial charge in [-0.1, -0.05) is 47.6 Å². The highest BCUT2D eigenvalue weighted by Gasteiger charge is 2.34. The zero-order chi connectivity index (χ0) is 23.4. The number of nitrogens with zero attached hydrogens (tertiary/aromatic N) is 1. The van der Waals surface area contributed by atoms with Crippen LogP contribution in [-0.4, -0.2) is 36.2 Å². The van der Waals surface area contributed by atoms with E-state index in [1.165, 1.54) is 31.4 Å². The van der Waals surface area contributed by atoms with E-state index in [1.54, 1.807) is 0 Å². The first-order chi connectivity index (χ1) is 14.9. The number of alkyl halides is 1. The third kappa shape index (κ3) is 9.53. The van der Waals surface area contributed by atoms with E-state index in [0.29, 0.717) is 24.7 Å². The Morgan fingerprint density at radius 1 is 0.935 bits per heavy atom. The molecule has 1 aliphatic heterocycles. The first-order valence-corrected chi connectivity index (χ1v) is 12.5. The summed E-state index contributed by atoms with van der Waals surface area (Å²) in [5.41, 5.74) is 0.543. The van der Waals surface area contributed by atoms with Gasteiger partial charge in [-0.05, 0) is 56.4 Å². The van der Waals surface area contributed by atoms with E-state index in [9.17, 15) is 13.2 Å². The van der Waals surface area contributed by atoms with Crippen LogP contribution in [0.1, 0.15) is 85.6 Å². The molecule has 3 atom stereocenters. The fourth-order valence-corrected chi connectivity index (χ4v) is 4.54. The number of likely N-dealkylation sites (tertiary alicyclic amines) is 1. The molecule has 0 spiro atoms. The van der Waals surface area contributed by atoms with Crippen LogP contribution >= 0.6 is 0 Å². The van der Waals surface area contributed by atoms with Gasteiger partial charge in [0.15, 0.2) is 0 Å². The molecule has 3 fully saturated rings. The van der Waals surface area contributed by atoms with Gasteiger partial charge in [0.1, 0.15) is 17.8 Å². The number of rotatable bonds is 4. The summed E-state index contributed by atoms with van der Waals surface area (Å²) in [6.45, 7) is 14.7. The smallest absolute Gasteiger partial charge is 0.130 e. The van der Waals surface area contributed by atoms with Gasteiger partial charge in [0, 0.05) is 43.3 Å². The molecule has 1 heterocycles. The second kappa shape index (κ2) is 14.9. The molecule has 4 rings (SSSR count). The largest absolute Gasteiger partial charge is 0.310 e. The van der Waals surface area contributed by atoms with Gasteiger partial charge in [0.05, 0.1) is 0 Å². The van der Waals surface area contributed by atoms with Crippen molar-refractivity contribution < 1.29 is 13.2 Å². The Morgan fingerprint density at radius 2 is 1.61 bits per heavy atom. The van der Waals surface area contributed by atoms with Gasteiger partial charge in [0.2, 0.25) is 0 Å². The highest BCUT2D eigenvalue weighted by Crippen LogP contribution is 2.33. The minimum atomic E-state index is -0.536. The normalized spacial score (nSPS) is 29.5. The Hall–Kier alpha value is -1.07. The summed E-state index contributed by atoms with van der Waals surface area (Å²) in [5.74, 6) is 0.670. The zero-order valence-corrected chi connectivity index (χ0v) is 20.6. The van der Waals surface area contributed by atoms with E-state index >= 15 is 0 Å². The maximum atomic E-state index is 13.3. The highest BCUT2D eigenvalue weighted by atomic mass is 19.1. The molecule has 1 aromatic carbocycles. The summed E-state index contributed by atoms with van der Waals surface area (Å²) < 4.78 is 38.8. The van der Waals surface area contributed by atoms with Crippen LogP contribution in [0.25, 0.3) is 0 Å². The molecule has 1 aromatic rings. The van der Waals surface area contributed by atoms with E-state index in [4.69, 9.17) is 0 Å². The van der Waals surface area contributed by atoms with Crippen molar-refractivity contribution in [2.24, 2.45) is 11.8 Å². The van der Waals surface area contributed by atoms with E-state index in [0.717, 1.165) is 49.8 Å². The Kier molecular flexibility index (Phi) is 13.4. The van der Waals surface area contributed by atoms with Crippen molar-refractivity contribution in [2.45, 2.75) is 105 Å². The SMILES string of the molecule is CC.CC.CC1CC(N2CC[C@H](F)C2)C1.C[C@@H]1CC[C@H](NCc2ccc(F)cc2F)C1. The van der Waals surface area contributed by atoms with Crippen LogP contribution in [0.3, 0.4) is 0 Å². The van der Waals surface area contributed by atoms with E-state index in [1.807, 2.05) is 27.7 Å². The number of benzene rings is 1. The molecule has 1 saturated heterocycles. The summed E-state index contributed by atoms with van der Waals surface area (Å²) in [5, 5.41) is 3.33. The topological polar surface area (TPSA) is 15.3 Å². The van der Waals surface area contributed by atoms with Crippen molar-refractivity contribution in [3.63, 3.8) is 0 Å². The van der Waals surface area contributed by atoms with E-state index in [-0.39, 0.29) is 0 Å². The predicted molar refractivity (Wildman–Crippen MR) is 126 cm³/mol. The fraction of sp³-hybridized carbons (Fsp3) is 0.769. The molecule has 1 N–H and O–H groups in total. The molecule has 0 bridgehead atoms. The van der Waals surface area contributed by atoms with Gasteiger partial charge in [0.25, 0.3) is 0 Å². The van der Waals surface area contributed by atoms with Gasteiger partial charge in [-0.25, -0.2) is 13.2 Å². The number of halogens is 3. The van der Waals surface area contributed by atoms with Crippen LogP contribution in [0, 0.1) is 23.5 Å².